The Morgan fingerprint density at radius 3 is 2.24 bits per heavy atom. The van der Waals surface area contributed by atoms with Gasteiger partial charge in [-0.2, -0.15) is 0 Å². The summed E-state index contributed by atoms with van der Waals surface area (Å²) in [7, 11) is 0. The number of hydrogen-bond acceptors (Lipinski definition) is 3. The molecule has 0 fully saturated rings. The molecule has 8 rings (SSSR count). The minimum Gasteiger partial charge on any atom is -0.302 e. The van der Waals surface area contributed by atoms with Crippen molar-refractivity contribution in [3.05, 3.63) is 138 Å². The van der Waals surface area contributed by atoms with Crippen molar-refractivity contribution < 1.29 is 0 Å². The maximum Gasteiger partial charge on any atom is 0.117 e. The second-order valence-corrected chi connectivity index (χ2v) is 12.4. The molecule has 4 heterocycles. The zero-order chi connectivity index (χ0) is 27.2. The predicted octanol–water partition coefficient (Wildman–Crippen LogP) is 10.8. The van der Waals surface area contributed by atoms with Crippen LogP contribution in [0.2, 0.25) is 0 Å². The number of hydrogen-bond donors (Lipinski definition) is 0. The first-order valence-corrected chi connectivity index (χ1v) is 15.6. The molecule has 0 saturated heterocycles. The van der Waals surface area contributed by atoms with Crippen LogP contribution in [-0.2, 0) is 6.42 Å². The van der Waals surface area contributed by atoms with Crippen molar-refractivity contribution in [1.82, 2.24) is 9.55 Å². The Kier molecular flexibility index (Phi) is 6.02. The Morgan fingerprint density at radius 1 is 0.634 bits per heavy atom. The number of thiophene rings is 2. The van der Waals surface area contributed by atoms with E-state index in [0.717, 1.165) is 24.2 Å². The van der Waals surface area contributed by atoms with Crippen molar-refractivity contribution in [3.63, 3.8) is 0 Å². The highest BCUT2D eigenvalue weighted by molar-refractivity contribution is 7.19. The van der Waals surface area contributed by atoms with Crippen LogP contribution < -0.4 is 0 Å². The van der Waals surface area contributed by atoms with Gasteiger partial charge < -0.3 is 4.57 Å². The third-order valence-corrected chi connectivity index (χ3v) is 10.0. The fraction of sp³-hybridized carbons (Fsp3) is 0.0541. The third kappa shape index (κ3) is 4.19. The van der Waals surface area contributed by atoms with Gasteiger partial charge in [-0.05, 0) is 58.7 Å². The summed E-state index contributed by atoms with van der Waals surface area (Å²) in [6.07, 6.45) is 21.4. The van der Waals surface area contributed by atoms with E-state index in [1.54, 1.807) is 0 Å². The topological polar surface area (TPSA) is 17.8 Å². The molecule has 0 bridgehead atoms. The normalized spacial score (nSPS) is 14.4. The van der Waals surface area contributed by atoms with Crippen LogP contribution in [0.15, 0.2) is 127 Å². The fourth-order valence-corrected chi connectivity index (χ4v) is 8.00. The van der Waals surface area contributed by atoms with Crippen LogP contribution in [0.3, 0.4) is 0 Å². The van der Waals surface area contributed by atoms with Crippen molar-refractivity contribution in [3.8, 4) is 31.3 Å². The van der Waals surface area contributed by atoms with Crippen molar-refractivity contribution in [2.45, 2.75) is 12.8 Å². The predicted molar refractivity (Wildman–Crippen MR) is 178 cm³/mol. The van der Waals surface area contributed by atoms with E-state index in [2.05, 4.69) is 138 Å². The zero-order valence-electron chi connectivity index (χ0n) is 22.3. The molecule has 3 aromatic heterocycles. The molecule has 6 aromatic rings. The number of allylic oxidation sites excluding steroid dienone is 9. The van der Waals surface area contributed by atoms with Crippen LogP contribution >= 0.6 is 22.7 Å². The summed E-state index contributed by atoms with van der Waals surface area (Å²) in [5.74, 6) is 1.07. The number of fused-ring (bicyclic) bond motifs is 4. The molecule has 0 spiro atoms. The summed E-state index contributed by atoms with van der Waals surface area (Å²) in [4.78, 5) is 10.4. The number of benzene rings is 3. The van der Waals surface area contributed by atoms with E-state index in [4.69, 9.17) is 4.98 Å². The highest BCUT2D eigenvalue weighted by Gasteiger charge is 2.24. The van der Waals surface area contributed by atoms with Gasteiger partial charge in [-0.15, -0.1) is 22.7 Å². The average Bonchev–Trinajstić information content (AvgIpc) is 3.67. The minimum atomic E-state index is 0.802. The molecule has 3 aromatic carbocycles. The fourth-order valence-electron chi connectivity index (χ4n) is 5.86. The first-order valence-electron chi connectivity index (χ1n) is 13.9. The molecule has 0 unspecified atom stereocenters. The largest absolute Gasteiger partial charge is 0.302 e. The van der Waals surface area contributed by atoms with Gasteiger partial charge in [-0.1, -0.05) is 97.1 Å². The smallest absolute Gasteiger partial charge is 0.117 e. The molecule has 0 amide bonds. The molecule has 4 heteroatoms. The van der Waals surface area contributed by atoms with Crippen LogP contribution in [0.25, 0.3) is 64.9 Å². The summed E-state index contributed by atoms with van der Waals surface area (Å²) >= 11 is 3.71. The van der Waals surface area contributed by atoms with Crippen molar-refractivity contribution in [2.24, 2.45) is 0 Å². The molecular formula is C37H26N2S2. The Labute approximate surface area is 247 Å². The Hall–Kier alpha value is -4.51. The molecule has 2 nitrogen and oxygen atoms in total. The van der Waals surface area contributed by atoms with E-state index in [1.165, 1.54) is 58.1 Å². The standard InChI is InChI=1S/C37H26N2S2/c1-2-6-14-25(13-5-1)29-20-22-31(40-29)34-27-17-10-11-18-28(27)35(32-23-21-30(41-32)26-15-7-3-8-16-26)37-36(34)38-33-19-9-4-12-24-39(33)37/h1,3-18,20-24H,2,19H2. The van der Waals surface area contributed by atoms with Gasteiger partial charge in [0.1, 0.15) is 5.82 Å². The summed E-state index contributed by atoms with van der Waals surface area (Å²) in [6, 6.07) is 28.6. The summed E-state index contributed by atoms with van der Waals surface area (Å²) < 4.78 is 2.32. The number of aromatic nitrogens is 2. The SMILES string of the molecule is C1=CCC=CC(c2ccc(-c3c4ccccc4c(-c4ccc(-c5ccccc5)s4)c4c3nc3n4C=CC=CC3)s2)=C1. The summed E-state index contributed by atoms with van der Waals surface area (Å²) in [6.45, 7) is 0. The van der Waals surface area contributed by atoms with Gasteiger partial charge in [0.15, 0.2) is 0 Å². The van der Waals surface area contributed by atoms with Gasteiger partial charge in [0.2, 0.25) is 0 Å². The lowest BCUT2D eigenvalue weighted by molar-refractivity contribution is 0.997. The van der Waals surface area contributed by atoms with Gasteiger partial charge in [-0.25, -0.2) is 4.98 Å². The van der Waals surface area contributed by atoms with E-state index < -0.39 is 0 Å². The van der Waals surface area contributed by atoms with Gasteiger partial charge in [0.05, 0.1) is 11.0 Å². The lowest BCUT2D eigenvalue weighted by Crippen LogP contribution is -1.95. The minimum absolute atomic E-state index is 0.802. The Balaban J connectivity index is 1.42. The third-order valence-electron chi connectivity index (χ3n) is 7.74. The van der Waals surface area contributed by atoms with Gasteiger partial charge >= 0.3 is 0 Å². The maximum absolute atomic E-state index is 5.36. The Bertz CT molecular complexity index is 2090. The number of nitrogens with zero attached hydrogens (tertiary/aromatic N) is 2. The second-order valence-electron chi connectivity index (χ2n) is 10.2. The Morgan fingerprint density at radius 2 is 1.37 bits per heavy atom. The molecule has 2 aliphatic rings. The molecular weight excluding hydrogens is 537 g/mol. The van der Waals surface area contributed by atoms with E-state index in [1.807, 2.05) is 22.7 Å². The van der Waals surface area contributed by atoms with Gasteiger partial charge in [0.25, 0.3) is 0 Å². The molecule has 0 atom stereocenters. The molecule has 0 radical (unpaired) electrons. The quantitative estimate of drug-likeness (QED) is 0.209. The van der Waals surface area contributed by atoms with Crippen molar-refractivity contribution in [2.75, 3.05) is 0 Å². The van der Waals surface area contributed by atoms with Gasteiger partial charge in [-0.3, -0.25) is 0 Å². The van der Waals surface area contributed by atoms with Crippen LogP contribution in [0.5, 0.6) is 0 Å². The lowest BCUT2D eigenvalue weighted by atomic mass is 9.95. The van der Waals surface area contributed by atoms with Crippen molar-refractivity contribution >= 4 is 56.3 Å². The van der Waals surface area contributed by atoms with Crippen LogP contribution in [-0.4, -0.2) is 9.55 Å². The monoisotopic (exact) mass is 562 g/mol. The van der Waals surface area contributed by atoms with E-state index >= 15 is 0 Å². The number of imidazole rings is 1. The van der Waals surface area contributed by atoms with Crippen LogP contribution in [0.1, 0.15) is 17.1 Å². The van der Waals surface area contributed by atoms with E-state index in [9.17, 15) is 0 Å². The molecule has 1 aliphatic heterocycles. The van der Waals surface area contributed by atoms with E-state index in [-0.39, 0.29) is 0 Å². The van der Waals surface area contributed by atoms with Crippen LogP contribution in [0.4, 0.5) is 0 Å². The molecule has 196 valence electrons. The van der Waals surface area contributed by atoms with Crippen LogP contribution in [0, 0.1) is 0 Å². The van der Waals surface area contributed by atoms with Crippen molar-refractivity contribution in [1.29, 1.82) is 0 Å². The first-order chi connectivity index (χ1) is 20.3. The maximum atomic E-state index is 5.36. The molecule has 1 aliphatic carbocycles. The summed E-state index contributed by atoms with van der Waals surface area (Å²) in [5.41, 5.74) is 7.24. The molecule has 41 heavy (non-hydrogen) atoms. The first kappa shape index (κ1) is 24.3. The zero-order valence-corrected chi connectivity index (χ0v) is 24.0. The second kappa shape index (κ2) is 10.2. The number of rotatable bonds is 4. The van der Waals surface area contributed by atoms with Gasteiger partial charge in [0, 0.05) is 43.3 Å². The lowest BCUT2D eigenvalue weighted by Gasteiger charge is -2.14. The van der Waals surface area contributed by atoms with E-state index in [0.29, 0.717) is 0 Å². The highest BCUT2D eigenvalue weighted by Crippen LogP contribution is 2.48. The molecule has 0 N–H and O–H groups in total. The highest BCUT2D eigenvalue weighted by atomic mass is 32.1. The molecule has 0 saturated carbocycles. The average molecular weight is 563 g/mol. The summed E-state index contributed by atoms with van der Waals surface area (Å²) in [5, 5.41) is 2.51.